The molecule has 0 aliphatic heterocycles. The maximum Gasteiger partial charge on any atom is 0.325 e. The summed E-state index contributed by atoms with van der Waals surface area (Å²) in [5.74, 6) is -0.835. The van der Waals surface area contributed by atoms with Crippen molar-refractivity contribution in [2.24, 2.45) is 0 Å². The Morgan fingerprint density at radius 2 is 1.73 bits per heavy atom. The molecule has 0 aliphatic rings. The number of benzene rings is 2. The lowest BCUT2D eigenvalue weighted by Crippen LogP contribution is -2.30. The van der Waals surface area contributed by atoms with Crippen LogP contribution in [-0.4, -0.2) is 34.3 Å². The number of nitrogens with one attached hydrogen (secondary N) is 1. The van der Waals surface area contributed by atoms with E-state index >= 15 is 0 Å². The van der Waals surface area contributed by atoms with Crippen molar-refractivity contribution >= 4 is 18.0 Å². The molecule has 1 heterocycles. The van der Waals surface area contributed by atoms with E-state index in [1.165, 1.54) is 6.08 Å². The summed E-state index contributed by atoms with van der Waals surface area (Å²) in [5.41, 5.74) is 3.70. The fourth-order valence-corrected chi connectivity index (χ4v) is 2.92. The Morgan fingerprint density at radius 3 is 2.40 bits per heavy atom. The molecule has 0 spiro atoms. The van der Waals surface area contributed by atoms with Crippen LogP contribution in [-0.2, 0) is 20.9 Å². The minimum absolute atomic E-state index is 0.167. The van der Waals surface area contributed by atoms with Crippen LogP contribution in [0.15, 0.2) is 72.9 Å². The van der Waals surface area contributed by atoms with E-state index in [0.717, 1.165) is 22.4 Å². The number of aromatic nitrogens is 2. The summed E-state index contributed by atoms with van der Waals surface area (Å²) in [6, 6.07) is 19.9. The van der Waals surface area contributed by atoms with Crippen LogP contribution in [0.4, 0.5) is 0 Å². The molecule has 0 saturated carbocycles. The van der Waals surface area contributed by atoms with Crippen LogP contribution < -0.4 is 5.32 Å². The molecule has 0 fully saturated rings. The highest BCUT2D eigenvalue weighted by Gasteiger charge is 2.11. The topological polar surface area (TPSA) is 73.2 Å². The number of amides is 1. The van der Waals surface area contributed by atoms with E-state index in [1.807, 2.05) is 71.5 Å². The van der Waals surface area contributed by atoms with E-state index in [2.05, 4.69) is 5.32 Å². The summed E-state index contributed by atoms with van der Waals surface area (Å²) in [5, 5.41) is 7.26. The van der Waals surface area contributed by atoms with Gasteiger partial charge in [0.15, 0.2) is 0 Å². The Kier molecular flexibility index (Phi) is 7.16. The number of ether oxygens (including phenoxy) is 1. The molecule has 1 aromatic heterocycles. The maximum atomic E-state index is 12.1. The average Bonchev–Trinajstić information content (AvgIpc) is 3.14. The van der Waals surface area contributed by atoms with Crippen LogP contribution in [0, 0.1) is 0 Å². The molecule has 0 bridgehead atoms. The summed E-state index contributed by atoms with van der Waals surface area (Å²) < 4.78 is 6.87. The molecule has 154 valence electrons. The van der Waals surface area contributed by atoms with Crippen LogP contribution in [0.25, 0.3) is 17.3 Å². The lowest BCUT2D eigenvalue weighted by Gasteiger charge is -2.07. The second-order valence-electron chi connectivity index (χ2n) is 7.07. The van der Waals surface area contributed by atoms with Crippen molar-refractivity contribution in [2.45, 2.75) is 26.5 Å². The van der Waals surface area contributed by atoms with Gasteiger partial charge < -0.3 is 10.1 Å². The number of rotatable bonds is 8. The van der Waals surface area contributed by atoms with Crippen molar-refractivity contribution < 1.29 is 14.3 Å². The van der Waals surface area contributed by atoms with E-state index in [4.69, 9.17) is 9.84 Å². The first kappa shape index (κ1) is 21.0. The first-order valence-corrected chi connectivity index (χ1v) is 9.83. The molecule has 0 saturated heterocycles. The number of esters is 1. The number of carbonyl (C=O) groups excluding carboxylic acids is 2. The first-order chi connectivity index (χ1) is 14.5. The third kappa shape index (κ3) is 6.17. The van der Waals surface area contributed by atoms with Crippen LogP contribution in [0.3, 0.4) is 0 Å². The van der Waals surface area contributed by atoms with E-state index in [0.29, 0.717) is 6.54 Å². The van der Waals surface area contributed by atoms with Gasteiger partial charge in [0.25, 0.3) is 0 Å². The highest BCUT2D eigenvalue weighted by molar-refractivity contribution is 5.94. The molecule has 6 heteroatoms. The van der Waals surface area contributed by atoms with Crippen LogP contribution in [0.1, 0.15) is 25.0 Å². The highest BCUT2D eigenvalue weighted by atomic mass is 16.5. The van der Waals surface area contributed by atoms with E-state index < -0.39 is 5.97 Å². The largest absolute Gasteiger partial charge is 0.462 e. The SMILES string of the molecule is CC(C)OC(=O)CNC(=O)/C=C/c1cn(Cc2ccccc2)nc1-c1ccccc1. The van der Waals surface area contributed by atoms with Crippen LogP contribution in [0.5, 0.6) is 0 Å². The standard InChI is InChI=1S/C24H25N3O3/c1-18(2)30-23(29)15-25-22(28)14-13-21-17-27(16-19-9-5-3-6-10-19)26-24(21)20-11-7-4-8-12-20/h3-14,17-18H,15-16H2,1-2H3,(H,25,28)/b14-13+. The van der Waals surface area contributed by atoms with Crippen molar-refractivity contribution in [1.82, 2.24) is 15.1 Å². The number of carbonyl (C=O) groups is 2. The Hall–Kier alpha value is -3.67. The second kappa shape index (κ2) is 10.2. The Balaban J connectivity index is 1.76. The smallest absolute Gasteiger partial charge is 0.325 e. The van der Waals surface area contributed by atoms with Crippen molar-refractivity contribution in [3.05, 3.63) is 84.1 Å². The Labute approximate surface area is 176 Å². The van der Waals surface area contributed by atoms with Gasteiger partial charge in [0.05, 0.1) is 18.3 Å². The second-order valence-corrected chi connectivity index (χ2v) is 7.07. The first-order valence-electron chi connectivity index (χ1n) is 9.83. The van der Waals surface area contributed by atoms with Gasteiger partial charge in [-0.15, -0.1) is 0 Å². The predicted molar refractivity (Wildman–Crippen MR) is 116 cm³/mol. The van der Waals surface area contributed by atoms with E-state index in [1.54, 1.807) is 19.9 Å². The van der Waals surface area contributed by atoms with Gasteiger partial charge in [0, 0.05) is 23.4 Å². The van der Waals surface area contributed by atoms with Gasteiger partial charge in [-0.25, -0.2) is 0 Å². The van der Waals surface area contributed by atoms with Gasteiger partial charge in [-0.2, -0.15) is 5.10 Å². The third-order valence-electron chi connectivity index (χ3n) is 4.21. The van der Waals surface area contributed by atoms with Crippen LogP contribution in [0.2, 0.25) is 0 Å². The number of hydrogen-bond donors (Lipinski definition) is 1. The van der Waals surface area contributed by atoms with Crippen molar-refractivity contribution in [1.29, 1.82) is 0 Å². The monoisotopic (exact) mass is 403 g/mol. The van der Waals surface area contributed by atoms with E-state index in [-0.39, 0.29) is 18.6 Å². The lowest BCUT2D eigenvalue weighted by atomic mass is 10.1. The molecule has 0 unspecified atom stereocenters. The summed E-state index contributed by atoms with van der Waals surface area (Å²) in [7, 11) is 0. The molecule has 1 amide bonds. The molecule has 30 heavy (non-hydrogen) atoms. The van der Waals surface area contributed by atoms with Gasteiger partial charge >= 0.3 is 5.97 Å². The minimum Gasteiger partial charge on any atom is -0.462 e. The van der Waals surface area contributed by atoms with Gasteiger partial charge in [-0.3, -0.25) is 14.3 Å². The van der Waals surface area contributed by atoms with Gasteiger partial charge in [-0.05, 0) is 25.5 Å². The molecule has 6 nitrogen and oxygen atoms in total. The molecule has 0 radical (unpaired) electrons. The molecule has 1 N–H and O–H groups in total. The fourth-order valence-electron chi connectivity index (χ4n) is 2.92. The fraction of sp³-hybridized carbons (Fsp3) is 0.208. The molecule has 0 atom stereocenters. The molecule has 3 aromatic rings. The van der Waals surface area contributed by atoms with Crippen molar-refractivity contribution in [3.8, 4) is 11.3 Å². The quantitative estimate of drug-likeness (QED) is 0.460. The highest BCUT2D eigenvalue weighted by Crippen LogP contribution is 2.23. The number of nitrogens with zero attached hydrogens (tertiary/aromatic N) is 2. The zero-order valence-corrected chi connectivity index (χ0v) is 17.1. The Bertz CT molecular complexity index is 1010. The number of hydrogen-bond acceptors (Lipinski definition) is 4. The van der Waals surface area contributed by atoms with Crippen LogP contribution >= 0.6 is 0 Å². The summed E-state index contributed by atoms with van der Waals surface area (Å²) in [4.78, 5) is 23.7. The summed E-state index contributed by atoms with van der Waals surface area (Å²) >= 11 is 0. The van der Waals surface area contributed by atoms with Gasteiger partial charge in [0.1, 0.15) is 6.54 Å². The normalized spacial score (nSPS) is 11.0. The third-order valence-corrected chi connectivity index (χ3v) is 4.21. The summed E-state index contributed by atoms with van der Waals surface area (Å²) in [6.07, 6.45) is 4.80. The van der Waals surface area contributed by atoms with Gasteiger partial charge in [-0.1, -0.05) is 60.7 Å². The molecule has 2 aromatic carbocycles. The summed E-state index contributed by atoms with van der Waals surface area (Å²) in [6.45, 7) is 3.98. The molecule has 3 rings (SSSR count). The minimum atomic E-state index is -0.465. The molecular formula is C24H25N3O3. The molecule has 0 aliphatic carbocycles. The Morgan fingerprint density at radius 1 is 1.07 bits per heavy atom. The zero-order valence-electron chi connectivity index (χ0n) is 17.1. The lowest BCUT2D eigenvalue weighted by molar-refractivity contribution is -0.147. The predicted octanol–water partition coefficient (Wildman–Crippen LogP) is 3.68. The average molecular weight is 403 g/mol. The van der Waals surface area contributed by atoms with Crippen molar-refractivity contribution in [3.63, 3.8) is 0 Å². The van der Waals surface area contributed by atoms with E-state index in [9.17, 15) is 9.59 Å². The van der Waals surface area contributed by atoms with Gasteiger partial charge in [0.2, 0.25) is 5.91 Å². The van der Waals surface area contributed by atoms with Crippen molar-refractivity contribution in [2.75, 3.05) is 6.54 Å². The maximum absolute atomic E-state index is 12.1. The zero-order chi connectivity index (χ0) is 21.3. The molecular weight excluding hydrogens is 378 g/mol.